The van der Waals surface area contributed by atoms with Crippen molar-refractivity contribution in [3.8, 4) is 0 Å². The molecule has 1 aliphatic heterocycles. The van der Waals surface area contributed by atoms with E-state index in [1.54, 1.807) is 0 Å². The Balaban J connectivity index is 1.61. The molecular weight excluding hydrogens is 453 g/mol. The number of aliphatic hydroxyl groups is 1. The van der Waals surface area contributed by atoms with Crippen LogP contribution in [0.4, 0.5) is 19.0 Å². The summed E-state index contributed by atoms with van der Waals surface area (Å²) in [6.07, 6.45) is -5.73. The molecule has 0 spiro atoms. The molecule has 4 rings (SSSR count). The standard InChI is InChI=1S/C14H17F3N6O5S2/c15-8-9(24)6(2-27-30(19,25)26)28-13(8)23-11-7(10(18)20-4-21-11)12(22-23)29-3-5-1-14(5,16)17/h4-6,8-9,13,24H,1-3H2,(H2,18,20,21)(H2,19,25,26)/t5-,6+,8-,9+,13+/m0/s1. The quantitative estimate of drug-likeness (QED) is 0.467. The molecule has 5 N–H and O–H groups in total. The normalized spacial score (nSPS) is 30.8. The van der Waals surface area contributed by atoms with E-state index in [1.165, 1.54) is 0 Å². The number of hydrogen-bond acceptors (Lipinski definition) is 10. The van der Waals surface area contributed by atoms with Gasteiger partial charge in [-0.05, 0) is 0 Å². The topological polar surface area (TPSA) is 168 Å². The summed E-state index contributed by atoms with van der Waals surface area (Å²) in [6.45, 7) is -0.717. The number of anilines is 1. The lowest BCUT2D eigenvalue weighted by Crippen LogP contribution is -2.33. The summed E-state index contributed by atoms with van der Waals surface area (Å²) < 4.78 is 73.8. The van der Waals surface area contributed by atoms with E-state index in [1.807, 2.05) is 0 Å². The summed E-state index contributed by atoms with van der Waals surface area (Å²) in [7, 11) is -4.33. The highest BCUT2D eigenvalue weighted by atomic mass is 32.2. The van der Waals surface area contributed by atoms with E-state index in [0.29, 0.717) is 0 Å². The third-order valence-electron chi connectivity index (χ3n) is 4.79. The maximum Gasteiger partial charge on any atom is 0.333 e. The van der Waals surface area contributed by atoms with E-state index in [-0.39, 0.29) is 34.1 Å². The Morgan fingerprint density at radius 2 is 2.13 bits per heavy atom. The molecule has 2 fully saturated rings. The van der Waals surface area contributed by atoms with Gasteiger partial charge in [0.2, 0.25) is 0 Å². The van der Waals surface area contributed by atoms with Gasteiger partial charge in [0.15, 0.2) is 18.0 Å². The van der Waals surface area contributed by atoms with Crippen LogP contribution < -0.4 is 10.9 Å². The van der Waals surface area contributed by atoms with Crippen molar-refractivity contribution in [2.24, 2.45) is 11.1 Å². The predicted octanol–water partition coefficient (Wildman–Crippen LogP) is -0.0277. The molecule has 0 radical (unpaired) electrons. The van der Waals surface area contributed by atoms with Gasteiger partial charge in [-0.3, -0.25) is 4.18 Å². The van der Waals surface area contributed by atoms with Gasteiger partial charge in [0, 0.05) is 18.1 Å². The summed E-state index contributed by atoms with van der Waals surface area (Å²) in [6, 6.07) is 0. The van der Waals surface area contributed by atoms with Crippen molar-refractivity contribution in [3.63, 3.8) is 0 Å². The second kappa shape index (κ2) is 7.45. The van der Waals surface area contributed by atoms with Crippen molar-refractivity contribution in [2.45, 2.75) is 42.0 Å². The highest BCUT2D eigenvalue weighted by Crippen LogP contribution is 2.51. The van der Waals surface area contributed by atoms with Gasteiger partial charge in [-0.25, -0.2) is 33.0 Å². The number of aromatic nitrogens is 4. The fourth-order valence-corrected chi connectivity index (χ4v) is 4.60. The lowest BCUT2D eigenvalue weighted by molar-refractivity contribution is -0.0456. The van der Waals surface area contributed by atoms with Crippen LogP contribution in [0.1, 0.15) is 12.6 Å². The smallest absolute Gasteiger partial charge is 0.333 e. The fraction of sp³-hybridized carbons (Fsp3) is 0.643. The minimum absolute atomic E-state index is 0.0133. The molecule has 2 aromatic rings. The lowest BCUT2D eigenvalue weighted by atomic mass is 10.1. The van der Waals surface area contributed by atoms with Crippen LogP contribution in [-0.4, -0.2) is 69.9 Å². The largest absolute Gasteiger partial charge is 0.387 e. The van der Waals surface area contributed by atoms with Crippen molar-refractivity contribution in [1.29, 1.82) is 0 Å². The molecule has 0 amide bonds. The predicted molar refractivity (Wildman–Crippen MR) is 97.4 cm³/mol. The molecule has 16 heteroatoms. The molecule has 1 saturated carbocycles. The zero-order chi connectivity index (χ0) is 21.8. The summed E-state index contributed by atoms with van der Waals surface area (Å²) >= 11 is 1.00. The first-order valence-electron chi connectivity index (χ1n) is 8.62. The van der Waals surface area contributed by atoms with Gasteiger partial charge in [-0.2, -0.15) is 13.5 Å². The molecule has 30 heavy (non-hydrogen) atoms. The number of hydrogen-bond donors (Lipinski definition) is 3. The Hall–Kier alpha value is -1.72. The summed E-state index contributed by atoms with van der Waals surface area (Å²) in [5.41, 5.74) is 5.95. The molecule has 166 valence electrons. The van der Waals surface area contributed by atoms with E-state index in [4.69, 9.17) is 15.6 Å². The monoisotopic (exact) mass is 470 g/mol. The maximum absolute atomic E-state index is 14.7. The van der Waals surface area contributed by atoms with Gasteiger partial charge in [0.25, 0.3) is 5.92 Å². The molecule has 2 aliphatic rings. The summed E-state index contributed by atoms with van der Waals surface area (Å²) in [4.78, 5) is 7.87. The molecule has 5 atom stereocenters. The lowest BCUT2D eigenvalue weighted by Gasteiger charge is -2.14. The molecule has 2 aromatic heterocycles. The minimum Gasteiger partial charge on any atom is -0.387 e. The van der Waals surface area contributed by atoms with E-state index < -0.39 is 53.4 Å². The Bertz CT molecular complexity index is 1070. The van der Waals surface area contributed by atoms with Gasteiger partial charge >= 0.3 is 10.3 Å². The molecule has 0 bridgehead atoms. The second-order valence-corrected chi connectivity index (χ2v) is 9.19. The molecule has 0 unspecified atom stereocenters. The van der Waals surface area contributed by atoms with Crippen LogP contribution >= 0.6 is 11.8 Å². The Labute approximate surface area is 172 Å². The van der Waals surface area contributed by atoms with Crippen LogP contribution in [-0.2, 0) is 19.2 Å². The first kappa shape index (κ1) is 21.5. The van der Waals surface area contributed by atoms with Crippen molar-refractivity contribution in [3.05, 3.63) is 6.33 Å². The van der Waals surface area contributed by atoms with Crippen molar-refractivity contribution < 1.29 is 35.6 Å². The van der Waals surface area contributed by atoms with Crippen molar-refractivity contribution in [1.82, 2.24) is 19.7 Å². The molecular formula is C14H17F3N6O5S2. The molecule has 1 aliphatic carbocycles. The first-order valence-corrected chi connectivity index (χ1v) is 11.1. The average Bonchev–Trinajstić information content (AvgIpc) is 2.96. The zero-order valence-corrected chi connectivity index (χ0v) is 16.7. The number of nitrogens with two attached hydrogens (primary N) is 2. The van der Waals surface area contributed by atoms with Gasteiger partial charge in [-0.15, -0.1) is 11.8 Å². The van der Waals surface area contributed by atoms with Gasteiger partial charge in [0.05, 0.1) is 12.0 Å². The number of nitrogens with zero attached hydrogens (tertiary/aromatic N) is 4. The Morgan fingerprint density at radius 1 is 1.43 bits per heavy atom. The minimum atomic E-state index is -4.33. The SMILES string of the molecule is Nc1ncnc2c1c(SC[C@@H]1CC1(F)F)nn2[C@@H]1O[C@H](COS(N)(=O)=O)[C@@H](O)[C@@H]1F. The van der Waals surface area contributed by atoms with E-state index in [0.717, 1.165) is 22.8 Å². The van der Waals surface area contributed by atoms with Crippen LogP contribution in [0.5, 0.6) is 0 Å². The highest BCUT2D eigenvalue weighted by molar-refractivity contribution is 7.99. The number of thioether (sulfide) groups is 1. The zero-order valence-electron chi connectivity index (χ0n) is 15.1. The third kappa shape index (κ3) is 4.06. The second-order valence-electron chi connectivity index (χ2n) is 6.96. The molecule has 3 heterocycles. The van der Waals surface area contributed by atoms with Crippen LogP contribution in [0.3, 0.4) is 0 Å². The highest BCUT2D eigenvalue weighted by Gasteiger charge is 2.56. The number of halogens is 3. The van der Waals surface area contributed by atoms with Crippen LogP contribution in [0.25, 0.3) is 11.0 Å². The summed E-state index contributed by atoms with van der Waals surface area (Å²) in [5, 5.41) is 19.4. The number of fused-ring (bicyclic) bond motifs is 1. The number of nitrogen functional groups attached to an aromatic ring is 1. The number of ether oxygens (including phenoxy) is 1. The average molecular weight is 470 g/mol. The fourth-order valence-electron chi connectivity index (χ4n) is 3.07. The first-order chi connectivity index (χ1) is 14.0. The Kier molecular flexibility index (Phi) is 5.34. The maximum atomic E-state index is 14.7. The van der Waals surface area contributed by atoms with Gasteiger partial charge in [0.1, 0.15) is 29.4 Å². The summed E-state index contributed by atoms with van der Waals surface area (Å²) in [5.74, 6) is -3.44. The van der Waals surface area contributed by atoms with E-state index in [2.05, 4.69) is 19.2 Å². The van der Waals surface area contributed by atoms with Crippen LogP contribution in [0.15, 0.2) is 11.4 Å². The van der Waals surface area contributed by atoms with Gasteiger partial charge in [-0.1, -0.05) is 0 Å². The van der Waals surface area contributed by atoms with Gasteiger partial charge < -0.3 is 15.6 Å². The Morgan fingerprint density at radius 3 is 2.77 bits per heavy atom. The van der Waals surface area contributed by atoms with Crippen molar-refractivity contribution >= 4 is 38.9 Å². The number of alkyl halides is 3. The van der Waals surface area contributed by atoms with Crippen LogP contribution in [0.2, 0.25) is 0 Å². The number of rotatable bonds is 7. The van der Waals surface area contributed by atoms with Crippen molar-refractivity contribution in [2.75, 3.05) is 18.1 Å². The number of aliphatic hydroxyl groups excluding tert-OH is 1. The molecule has 0 aromatic carbocycles. The third-order valence-corrected chi connectivity index (χ3v) is 6.39. The van der Waals surface area contributed by atoms with Crippen LogP contribution in [0, 0.1) is 5.92 Å². The van der Waals surface area contributed by atoms with E-state index >= 15 is 0 Å². The molecule has 11 nitrogen and oxygen atoms in total. The van der Waals surface area contributed by atoms with E-state index in [9.17, 15) is 26.7 Å². The molecule has 1 saturated heterocycles.